The fourth-order valence-corrected chi connectivity index (χ4v) is 2.66. The van der Waals surface area contributed by atoms with Crippen molar-refractivity contribution < 1.29 is 18.3 Å². The first-order valence-corrected chi connectivity index (χ1v) is 9.90. The van der Waals surface area contributed by atoms with Crippen LogP contribution in [0.3, 0.4) is 0 Å². The highest BCUT2D eigenvalue weighted by Crippen LogP contribution is 2.20. The Hall–Kier alpha value is -2.14. The fraction of sp³-hybridized carbons (Fsp3) is 0.409. The van der Waals surface area contributed by atoms with Crippen molar-refractivity contribution in [2.75, 3.05) is 33.8 Å². The molecule has 2 rings (SSSR count). The SMILES string of the molecule is CCNC(=NCc1ccccc1OCCN(C)C)NCc1ccccc1OC(F)F.I. The van der Waals surface area contributed by atoms with E-state index in [0.717, 1.165) is 17.9 Å². The van der Waals surface area contributed by atoms with Gasteiger partial charge in [-0.2, -0.15) is 8.78 Å². The molecular formula is C22H31F2IN4O2. The summed E-state index contributed by atoms with van der Waals surface area (Å²) < 4.78 is 35.7. The van der Waals surface area contributed by atoms with Gasteiger partial charge in [0.05, 0.1) is 6.54 Å². The van der Waals surface area contributed by atoms with Crippen LogP contribution in [0, 0.1) is 0 Å². The zero-order chi connectivity index (χ0) is 21.8. The molecule has 0 saturated heterocycles. The number of hydrogen-bond donors (Lipinski definition) is 2. The summed E-state index contributed by atoms with van der Waals surface area (Å²) in [4.78, 5) is 6.67. The maximum atomic E-state index is 12.6. The van der Waals surface area contributed by atoms with Gasteiger partial charge >= 0.3 is 6.61 Å². The monoisotopic (exact) mass is 548 g/mol. The van der Waals surface area contributed by atoms with Crippen molar-refractivity contribution in [2.24, 2.45) is 4.99 Å². The Labute approximate surface area is 200 Å². The molecule has 0 fully saturated rings. The summed E-state index contributed by atoms with van der Waals surface area (Å²) >= 11 is 0. The van der Waals surface area contributed by atoms with E-state index >= 15 is 0 Å². The van der Waals surface area contributed by atoms with Gasteiger partial charge in [0.15, 0.2) is 5.96 Å². The van der Waals surface area contributed by atoms with Gasteiger partial charge in [0.2, 0.25) is 0 Å². The van der Waals surface area contributed by atoms with Gasteiger partial charge in [-0.1, -0.05) is 36.4 Å². The summed E-state index contributed by atoms with van der Waals surface area (Å²) in [5, 5.41) is 6.33. The number of nitrogens with one attached hydrogen (secondary N) is 2. The van der Waals surface area contributed by atoms with Crippen LogP contribution in [0.5, 0.6) is 11.5 Å². The summed E-state index contributed by atoms with van der Waals surface area (Å²) in [5.41, 5.74) is 1.59. The Morgan fingerprint density at radius 3 is 2.29 bits per heavy atom. The first-order valence-electron chi connectivity index (χ1n) is 9.90. The van der Waals surface area contributed by atoms with Crippen LogP contribution < -0.4 is 20.1 Å². The van der Waals surface area contributed by atoms with Gasteiger partial charge in [0.25, 0.3) is 0 Å². The molecule has 0 atom stereocenters. The van der Waals surface area contributed by atoms with Gasteiger partial charge < -0.3 is 25.0 Å². The lowest BCUT2D eigenvalue weighted by molar-refractivity contribution is -0.0504. The van der Waals surface area contributed by atoms with E-state index in [1.807, 2.05) is 45.3 Å². The van der Waals surface area contributed by atoms with E-state index in [0.29, 0.717) is 37.8 Å². The number of halogens is 3. The van der Waals surface area contributed by atoms with Gasteiger partial charge in [0, 0.05) is 30.8 Å². The van der Waals surface area contributed by atoms with Crippen molar-refractivity contribution in [3.8, 4) is 11.5 Å². The predicted octanol–water partition coefficient (Wildman–Crippen LogP) is 4.10. The average Bonchev–Trinajstić information content (AvgIpc) is 2.71. The number of alkyl halides is 2. The Kier molecular flexibility index (Phi) is 12.8. The van der Waals surface area contributed by atoms with Crippen molar-refractivity contribution in [3.63, 3.8) is 0 Å². The smallest absolute Gasteiger partial charge is 0.387 e. The molecule has 0 aliphatic heterocycles. The minimum Gasteiger partial charge on any atom is -0.492 e. The number of nitrogens with zero attached hydrogens (tertiary/aromatic N) is 2. The molecule has 6 nitrogen and oxygen atoms in total. The predicted molar refractivity (Wildman–Crippen MR) is 131 cm³/mol. The van der Waals surface area contributed by atoms with Gasteiger partial charge in [-0.05, 0) is 33.2 Å². The van der Waals surface area contributed by atoms with E-state index in [1.165, 1.54) is 6.07 Å². The average molecular weight is 548 g/mol. The van der Waals surface area contributed by atoms with Gasteiger partial charge in [-0.15, -0.1) is 24.0 Å². The number of likely N-dealkylation sites (N-methyl/N-ethyl adjacent to an activating group) is 1. The molecule has 0 aliphatic rings. The molecule has 2 aromatic rings. The van der Waals surface area contributed by atoms with Crippen molar-refractivity contribution in [3.05, 3.63) is 59.7 Å². The molecular weight excluding hydrogens is 517 g/mol. The molecule has 0 heterocycles. The molecule has 0 aromatic heterocycles. The molecule has 172 valence electrons. The molecule has 0 amide bonds. The molecule has 31 heavy (non-hydrogen) atoms. The van der Waals surface area contributed by atoms with Crippen molar-refractivity contribution >= 4 is 29.9 Å². The van der Waals surface area contributed by atoms with Crippen molar-refractivity contribution in [1.29, 1.82) is 0 Å². The fourth-order valence-electron chi connectivity index (χ4n) is 2.66. The number of hydrogen-bond acceptors (Lipinski definition) is 4. The van der Waals surface area contributed by atoms with Gasteiger partial charge in [0.1, 0.15) is 18.1 Å². The lowest BCUT2D eigenvalue weighted by atomic mass is 10.2. The summed E-state index contributed by atoms with van der Waals surface area (Å²) in [5.74, 6) is 1.53. The van der Waals surface area contributed by atoms with Gasteiger partial charge in [-0.3, -0.25) is 0 Å². The van der Waals surface area contributed by atoms with E-state index in [1.54, 1.807) is 18.2 Å². The zero-order valence-corrected chi connectivity index (χ0v) is 20.4. The van der Waals surface area contributed by atoms with Crippen molar-refractivity contribution in [2.45, 2.75) is 26.6 Å². The van der Waals surface area contributed by atoms with Crippen LogP contribution in [0.1, 0.15) is 18.1 Å². The zero-order valence-electron chi connectivity index (χ0n) is 18.1. The molecule has 0 unspecified atom stereocenters. The molecule has 0 spiro atoms. The number of ether oxygens (including phenoxy) is 2. The van der Waals surface area contributed by atoms with Crippen LogP contribution in [-0.2, 0) is 13.1 Å². The third-order valence-electron chi connectivity index (χ3n) is 4.16. The van der Waals surface area contributed by atoms with Gasteiger partial charge in [-0.25, -0.2) is 4.99 Å². The van der Waals surface area contributed by atoms with Crippen LogP contribution in [0.15, 0.2) is 53.5 Å². The first-order chi connectivity index (χ1) is 14.5. The summed E-state index contributed by atoms with van der Waals surface area (Å²) in [7, 11) is 4.00. The Morgan fingerprint density at radius 1 is 1.00 bits per heavy atom. The third kappa shape index (κ3) is 10.1. The largest absolute Gasteiger partial charge is 0.492 e. The minimum absolute atomic E-state index is 0. The number of para-hydroxylation sites is 2. The van der Waals surface area contributed by atoms with E-state index < -0.39 is 6.61 Å². The highest BCUT2D eigenvalue weighted by atomic mass is 127. The lowest BCUT2D eigenvalue weighted by Gasteiger charge is -2.15. The van der Waals surface area contributed by atoms with E-state index in [4.69, 9.17) is 4.74 Å². The lowest BCUT2D eigenvalue weighted by Crippen LogP contribution is -2.36. The summed E-state index contributed by atoms with van der Waals surface area (Å²) in [6, 6.07) is 14.5. The molecule has 0 radical (unpaired) electrons. The maximum Gasteiger partial charge on any atom is 0.387 e. The molecule has 2 aromatic carbocycles. The highest BCUT2D eigenvalue weighted by Gasteiger charge is 2.10. The van der Waals surface area contributed by atoms with E-state index in [9.17, 15) is 8.78 Å². The van der Waals surface area contributed by atoms with Crippen LogP contribution in [-0.4, -0.2) is 51.3 Å². The minimum atomic E-state index is -2.86. The molecule has 0 aliphatic carbocycles. The standard InChI is InChI=1S/C22H30F2N4O2.HI/c1-4-25-22(27-16-18-10-6-8-12-20(18)30-21(23)24)26-15-17-9-5-7-11-19(17)29-14-13-28(2)3;/h5-12,21H,4,13-16H2,1-3H3,(H2,25,26,27);1H. The van der Waals surface area contributed by atoms with Crippen LogP contribution >= 0.6 is 24.0 Å². The Morgan fingerprint density at radius 2 is 1.65 bits per heavy atom. The second-order valence-corrected chi connectivity index (χ2v) is 6.79. The molecule has 0 saturated carbocycles. The molecule has 0 bridgehead atoms. The van der Waals surface area contributed by atoms with E-state index in [-0.39, 0.29) is 29.7 Å². The number of benzene rings is 2. The Balaban J connectivity index is 0.00000480. The molecule has 2 N–H and O–H groups in total. The highest BCUT2D eigenvalue weighted by molar-refractivity contribution is 14.0. The number of guanidine groups is 1. The number of rotatable bonds is 11. The quantitative estimate of drug-likeness (QED) is 0.252. The number of aliphatic imine (C=N–C) groups is 1. The topological polar surface area (TPSA) is 58.1 Å². The summed E-state index contributed by atoms with van der Waals surface area (Å²) in [6.07, 6.45) is 0. The van der Waals surface area contributed by atoms with Crippen LogP contribution in [0.25, 0.3) is 0 Å². The molecule has 9 heteroatoms. The van der Waals surface area contributed by atoms with E-state index in [2.05, 4.69) is 25.3 Å². The second kappa shape index (κ2) is 14.8. The van der Waals surface area contributed by atoms with Crippen LogP contribution in [0.4, 0.5) is 8.78 Å². The second-order valence-electron chi connectivity index (χ2n) is 6.79. The first kappa shape index (κ1) is 26.9. The third-order valence-corrected chi connectivity index (χ3v) is 4.16. The maximum absolute atomic E-state index is 12.6. The summed E-state index contributed by atoms with van der Waals surface area (Å²) in [6.45, 7) is 1.90. The van der Waals surface area contributed by atoms with Crippen LogP contribution in [0.2, 0.25) is 0 Å². The normalized spacial score (nSPS) is 11.3. The Bertz CT molecular complexity index is 807. The van der Waals surface area contributed by atoms with Crippen molar-refractivity contribution in [1.82, 2.24) is 15.5 Å².